The van der Waals surface area contributed by atoms with Crippen LogP contribution < -0.4 is 10.6 Å². The van der Waals surface area contributed by atoms with Crippen LogP contribution in [0.2, 0.25) is 0 Å². The Kier molecular flexibility index (Phi) is 6.04. The molecule has 0 saturated carbocycles. The molecule has 20 heavy (non-hydrogen) atoms. The monoisotopic (exact) mass is 275 g/mol. The first kappa shape index (κ1) is 15.5. The third-order valence-corrected chi connectivity index (χ3v) is 2.63. The number of alkyl carbamates (subject to hydrolysis) is 1. The lowest BCUT2D eigenvalue weighted by atomic mass is 10.1. The fourth-order valence-corrected chi connectivity index (χ4v) is 1.61. The van der Waals surface area contributed by atoms with Crippen molar-refractivity contribution in [3.8, 4) is 6.07 Å². The number of nitriles is 1. The van der Waals surface area contributed by atoms with E-state index in [0.29, 0.717) is 6.42 Å². The quantitative estimate of drug-likeness (QED) is 0.838. The van der Waals surface area contributed by atoms with Crippen LogP contribution in [-0.2, 0) is 16.0 Å². The number of carbonyl (C=O) groups excluding carboxylic acids is 2. The maximum Gasteiger partial charge on any atom is 0.407 e. The Labute approximate surface area is 117 Å². The average Bonchev–Trinajstić information content (AvgIpc) is 2.47. The topological polar surface area (TPSA) is 91.2 Å². The van der Waals surface area contributed by atoms with E-state index in [1.165, 1.54) is 7.11 Å². The third kappa shape index (κ3) is 4.98. The summed E-state index contributed by atoms with van der Waals surface area (Å²) in [6.07, 6.45) is -0.370. The number of methoxy groups -OCH3 is 1. The van der Waals surface area contributed by atoms with Crippen LogP contribution in [0.15, 0.2) is 30.3 Å². The largest absolute Gasteiger partial charge is 0.453 e. The smallest absolute Gasteiger partial charge is 0.407 e. The Hall–Kier alpha value is -2.55. The lowest BCUT2D eigenvalue weighted by Crippen LogP contribution is -2.49. The van der Waals surface area contributed by atoms with Gasteiger partial charge < -0.3 is 15.4 Å². The normalized spacial score (nSPS) is 12.7. The predicted molar refractivity (Wildman–Crippen MR) is 72.7 cm³/mol. The zero-order valence-corrected chi connectivity index (χ0v) is 11.4. The van der Waals surface area contributed by atoms with Crippen molar-refractivity contribution in [3.63, 3.8) is 0 Å². The fourth-order valence-electron chi connectivity index (χ4n) is 1.61. The molecule has 0 aliphatic carbocycles. The van der Waals surface area contributed by atoms with Gasteiger partial charge in [0.25, 0.3) is 0 Å². The van der Waals surface area contributed by atoms with E-state index in [-0.39, 0.29) is 0 Å². The molecule has 1 rings (SSSR count). The van der Waals surface area contributed by atoms with E-state index in [1.54, 1.807) is 6.92 Å². The summed E-state index contributed by atoms with van der Waals surface area (Å²) >= 11 is 0. The Morgan fingerprint density at radius 3 is 2.50 bits per heavy atom. The van der Waals surface area contributed by atoms with Gasteiger partial charge in [0.1, 0.15) is 12.1 Å². The molecule has 0 aliphatic heterocycles. The van der Waals surface area contributed by atoms with Crippen LogP contribution in [0.1, 0.15) is 12.5 Å². The summed E-state index contributed by atoms with van der Waals surface area (Å²) < 4.78 is 4.50. The molecule has 2 atom stereocenters. The summed E-state index contributed by atoms with van der Waals surface area (Å²) in [5, 5.41) is 13.7. The first-order valence-corrected chi connectivity index (χ1v) is 6.15. The van der Waals surface area contributed by atoms with E-state index in [9.17, 15) is 9.59 Å². The molecule has 0 aliphatic rings. The zero-order chi connectivity index (χ0) is 15.0. The lowest BCUT2D eigenvalue weighted by molar-refractivity contribution is -0.123. The van der Waals surface area contributed by atoms with E-state index in [1.807, 2.05) is 36.4 Å². The highest BCUT2D eigenvalue weighted by molar-refractivity contribution is 5.86. The summed E-state index contributed by atoms with van der Waals surface area (Å²) in [4.78, 5) is 23.3. The minimum Gasteiger partial charge on any atom is -0.453 e. The van der Waals surface area contributed by atoms with Crippen molar-refractivity contribution in [2.45, 2.75) is 25.4 Å². The number of ether oxygens (including phenoxy) is 1. The predicted octanol–water partition coefficient (Wildman–Crippen LogP) is 0.982. The van der Waals surface area contributed by atoms with E-state index in [2.05, 4.69) is 15.4 Å². The van der Waals surface area contributed by atoms with Gasteiger partial charge in [0.15, 0.2) is 0 Å². The van der Waals surface area contributed by atoms with Gasteiger partial charge in [0.2, 0.25) is 5.91 Å². The average molecular weight is 275 g/mol. The van der Waals surface area contributed by atoms with Crippen LogP contribution >= 0.6 is 0 Å². The molecular weight excluding hydrogens is 258 g/mol. The molecule has 0 radical (unpaired) electrons. The molecule has 6 heteroatoms. The molecule has 2 unspecified atom stereocenters. The van der Waals surface area contributed by atoms with Gasteiger partial charge in [-0.1, -0.05) is 30.3 Å². The lowest BCUT2D eigenvalue weighted by Gasteiger charge is -2.18. The highest BCUT2D eigenvalue weighted by atomic mass is 16.5. The second kappa shape index (κ2) is 7.79. The molecule has 0 spiro atoms. The van der Waals surface area contributed by atoms with Gasteiger partial charge >= 0.3 is 6.09 Å². The molecule has 0 fully saturated rings. The Morgan fingerprint density at radius 1 is 1.30 bits per heavy atom. The maximum atomic E-state index is 12.0. The first-order valence-electron chi connectivity index (χ1n) is 6.15. The summed E-state index contributed by atoms with van der Waals surface area (Å²) in [5.41, 5.74) is 0.897. The van der Waals surface area contributed by atoms with Crippen molar-refractivity contribution in [1.82, 2.24) is 10.6 Å². The number of nitrogens with one attached hydrogen (secondary N) is 2. The van der Waals surface area contributed by atoms with Gasteiger partial charge in [0, 0.05) is 6.42 Å². The number of amides is 2. The molecule has 0 saturated heterocycles. The molecule has 2 amide bonds. The molecule has 2 N–H and O–H groups in total. The van der Waals surface area contributed by atoms with E-state index >= 15 is 0 Å². The summed E-state index contributed by atoms with van der Waals surface area (Å²) in [6, 6.07) is 9.76. The molecule has 0 bridgehead atoms. The van der Waals surface area contributed by atoms with Gasteiger partial charge in [-0.25, -0.2) is 4.79 Å². The number of hydrogen-bond acceptors (Lipinski definition) is 4. The highest BCUT2D eigenvalue weighted by Gasteiger charge is 2.22. The van der Waals surface area contributed by atoms with Crippen LogP contribution in [0.25, 0.3) is 0 Å². The van der Waals surface area contributed by atoms with Crippen LogP contribution in [0.5, 0.6) is 0 Å². The fraction of sp³-hybridized carbons (Fsp3) is 0.357. The van der Waals surface area contributed by atoms with Gasteiger partial charge in [-0.2, -0.15) is 5.26 Å². The number of nitrogens with zero attached hydrogens (tertiary/aromatic N) is 1. The van der Waals surface area contributed by atoms with Crippen molar-refractivity contribution < 1.29 is 14.3 Å². The minimum absolute atomic E-state index is 0.319. The van der Waals surface area contributed by atoms with Crippen molar-refractivity contribution >= 4 is 12.0 Å². The summed E-state index contributed by atoms with van der Waals surface area (Å²) in [7, 11) is 1.23. The highest BCUT2D eigenvalue weighted by Crippen LogP contribution is 2.04. The molecule has 1 aromatic carbocycles. The minimum atomic E-state index is -0.791. The van der Waals surface area contributed by atoms with Crippen LogP contribution in [0.3, 0.4) is 0 Å². The van der Waals surface area contributed by atoms with E-state index < -0.39 is 24.1 Å². The van der Waals surface area contributed by atoms with Crippen LogP contribution in [-0.4, -0.2) is 31.2 Å². The summed E-state index contributed by atoms with van der Waals surface area (Å²) in [6.45, 7) is 1.57. The Bertz CT molecular complexity index is 496. The molecule has 0 heterocycles. The third-order valence-electron chi connectivity index (χ3n) is 2.63. The van der Waals surface area contributed by atoms with Crippen LogP contribution in [0, 0.1) is 11.3 Å². The Balaban J connectivity index is 2.77. The number of rotatable bonds is 5. The van der Waals surface area contributed by atoms with E-state index in [0.717, 1.165) is 5.56 Å². The number of carbonyl (C=O) groups is 2. The van der Waals surface area contributed by atoms with Gasteiger partial charge in [-0.05, 0) is 12.5 Å². The molecule has 106 valence electrons. The standard InChI is InChI=1S/C14H17N3O3/c1-10(9-15)16-13(18)12(17-14(19)20-2)8-11-6-4-3-5-7-11/h3-7,10,12H,8H2,1-2H3,(H,16,18)(H,17,19). The summed E-state index contributed by atoms with van der Waals surface area (Å²) in [5.74, 6) is -0.423. The molecule has 6 nitrogen and oxygen atoms in total. The zero-order valence-electron chi connectivity index (χ0n) is 11.4. The van der Waals surface area contributed by atoms with Crippen molar-refractivity contribution in [1.29, 1.82) is 5.26 Å². The van der Waals surface area contributed by atoms with Crippen molar-refractivity contribution in [3.05, 3.63) is 35.9 Å². The maximum absolute atomic E-state index is 12.0. The van der Waals surface area contributed by atoms with Crippen LogP contribution in [0.4, 0.5) is 4.79 Å². The van der Waals surface area contributed by atoms with E-state index in [4.69, 9.17) is 5.26 Å². The van der Waals surface area contributed by atoms with Gasteiger partial charge in [-0.15, -0.1) is 0 Å². The number of hydrogen-bond donors (Lipinski definition) is 2. The SMILES string of the molecule is COC(=O)NC(Cc1ccccc1)C(=O)NC(C)C#N. The second-order valence-corrected chi connectivity index (χ2v) is 4.24. The molecular formula is C14H17N3O3. The van der Waals surface area contributed by atoms with Crippen molar-refractivity contribution in [2.75, 3.05) is 7.11 Å². The first-order chi connectivity index (χ1) is 9.56. The van der Waals surface area contributed by atoms with Gasteiger partial charge in [0.05, 0.1) is 13.2 Å². The van der Waals surface area contributed by atoms with Crippen molar-refractivity contribution in [2.24, 2.45) is 0 Å². The molecule has 0 aromatic heterocycles. The Morgan fingerprint density at radius 2 is 1.95 bits per heavy atom. The number of benzene rings is 1. The molecule has 1 aromatic rings. The van der Waals surface area contributed by atoms with Gasteiger partial charge in [-0.3, -0.25) is 4.79 Å². The second-order valence-electron chi connectivity index (χ2n) is 4.24.